The van der Waals surface area contributed by atoms with Gasteiger partial charge in [0.1, 0.15) is 30.2 Å². The molecule has 20 heteroatoms. The standard InChI is InChI=1S/C27H47N9O10S/c1-13(2)9-14(28)21(40)35-18(12-47)23(42)34-17(11-37)22(41)32-15(5-3-7-31-27(29)30)25(44)36-8-4-6-19(36)24(43)33-16(26(45)46)10-20(38)39/h13-19,37,47H,3-12,28H2,1-2H3,(H,32,41)(H,33,43)(H,34,42)(H,35,40)(H,38,39)(H,45,46)(H4,29,30,31)/t14-,15-,16-,17-,18-,19-/m0/s1. The van der Waals surface area contributed by atoms with Crippen LogP contribution in [0.25, 0.3) is 0 Å². The molecule has 266 valence electrons. The van der Waals surface area contributed by atoms with Gasteiger partial charge in [-0.25, -0.2) is 4.79 Å². The van der Waals surface area contributed by atoms with Crippen LogP contribution in [0.3, 0.4) is 0 Å². The monoisotopic (exact) mass is 689 g/mol. The lowest BCUT2D eigenvalue weighted by atomic mass is 10.0. The number of aliphatic hydroxyl groups is 1. The molecule has 1 saturated heterocycles. The topological polar surface area (TPSA) is 322 Å². The highest BCUT2D eigenvalue weighted by atomic mass is 32.1. The molecule has 0 saturated carbocycles. The molecule has 47 heavy (non-hydrogen) atoms. The van der Waals surface area contributed by atoms with E-state index in [0.717, 1.165) is 4.90 Å². The van der Waals surface area contributed by atoms with E-state index >= 15 is 0 Å². The Bertz CT molecular complexity index is 1170. The van der Waals surface area contributed by atoms with E-state index in [0.29, 0.717) is 12.8 Å². The molecular weight excluding hydrogens is 642 g/mol. The fourth-order valence-electron chi connectivity index (χ4n) is 4.73. The maximum Gasteiger partial charge on any atom is 0.326 e. The van der Waals surface area contributed by atoms with Gasteiger partial charge in [0.05, 0.1) is 19.1 Å². The zero-order chi connectivity index (χ0) is 35.8. The molecule has 0 aromatic heterocycles. The van der Waals surface area contributed by atoms with Crippen LogP contribution in [0.2, 0.25) is 0 Å². The van der Waals surface area contributed by atoms with Crippen LogP contribution in [-0.4, -0.2) is 129 Å². The minimum Gasteiger partial charge on any atom is -0.481 e. The Hall–Kier alpha value is -4.17. The first-order valence-corrected chi connectivity index (χ1v) is 15.6. The van der Waals surface area contributed by atoms with E-state index in [1.54, 1.807) is 0 Å². The van der Waals surface area contributed by atoms with Crippen LogP contribution in [-0.2, 0) is 33.6 Å². The van der Waals surface area contributed by atoms with Crippen molar-refractivity contribution in [3.8, 4) is 0 Å². The van der Waals surface area contributed by atoms with Crippen molar-refractivity contribution in [1.82, 2.24) is 26.2 Å². The number of thiol groups is 1. The number of carboxylic acid groups (broad SMARTS) is 2. The van der Waals surface area contributed by atoms with Crippen molar-refractivity contribution >= 4 is 60.1 Å². The molecule has 0 bridgehead atoms. The quantitative estimate of drug-likeness (QED) is 0.0250. The van der Waals surface area contributed by atoms with Gasteiger partial charge in [-0.1, -0.05) is 13.8 Å². The van der Waals surface area contributed by atoms with Crippen molar-refractivity contribution in [2.24, 2.45) is 28.1 Å². The maximum absolute atomic E-state index is 13.7. The lowest BCUT2D eigenvalue weighted by Crippen LogP contribution is -2.60. The minimum atomic E-state index is -1.74. The Balaban J connectivity index is 3.11. The van der Waals surface area contributed by atoms with Gasteiger partial charge in [0.2, 0.25) is 29.5 Å². The summed E-state index contributed by atoms with van der Waals surface area (Å²) in [6.07, 6.45) is 0.0927. The van der Waals surface area contributed by atoms with Crippen molar-refractivity contribution in [1.29, 1.82) is 0 Å². The molecule has 1 aliphatic rings. The van der Waals surface area contributed by atoms with E-state index < -0.39 is 90.8 Å². The van der Waals surface area contributed by atoms with E-state index in [1.807, 2.05) is 13.8 Å². The second-order valence-electron chi connectivity index (χ2n) is 11.4. The average Bonchev–Trinajstić information content (AvgIpc) is 3.48. The molecule has 6 atom stereocenters. The molecule has 13 N–H and O–H groups in total. The summed E-state index contributed by atoms with van der Waals surface area (Å²) in [6.45, 7) is 2.99. The summed E-state index contributed by atoms with van der Waals surface area (Å²) in [5.41, 5.74) is 16.6. The zero-order valence-electron chi connectivity index (χ0n) is 26.4. The molecule has 0 spiro atoms. The summed E-state index contributed by atoms with van der Waals surface area (Å²) in [5.74, 6) is -7.31. The fraction of sp³-hybridized carbons (Fsp3) is 0.704. The van der Waals surface area contributed by atoms with Crippen molar-refractivity contribution in [2.45, 2.75) is 88.6 Å². The molecule has 0 unspecified atom stereocenters. The number of hydrogen-bond acceptors (Lipinski definition) is 11. The van der Waals surface area contributed by atoms with Crippen LogP contribution >= 0.6 is 12.6 Å². The molecule has 1 fully saturated rings. The molecule has 0 radical (unpaired) electrons. The van der Waals surface area contributed by atoms with Crippen LogP contribution in [0, 0.1) is 5.92 Å². The number of nitrogens with one attached hydrogen (secondary N) is 4. The summed E-state index contributed by atoms with van der Waals surface area (Å²) in [5, 5.41) is 37.6. The Morgan fingerprint density at radius 1 is 0.915 bits per heavy atom. The summed E-state index contributed by atoms with van der Waals surface area (Å²) < 4.78 is 0. The Morgan fingerprint density at radius 3 is 2.04 bits per heavy atom. The Kier molecular flexibility index (Phi) is 17.5. The lowest BCUT2D eigenvalue weighted by Gasteiger charge is -2.30. The number of amides is 5. The lowest BCUT2D eigenvalue weighted by molar-refractivity contribution is -0.148. The number of aliphatic imine (C=N–C) groups is 1. The largest absolute Gasteiger partial charge is 0.481 e. The first-order chi connectivity index (χ1) is 22.0. The van der Waals surface area contributed by atoms with E-state index in [-0.39, 0.29) is 50.0 Å². The van der Waals surface area contributed by atoms with Gasteiger partial charge in [-0.05, 0) is 38.0 Å². The molecule has 0 aromatic rings. The minimum absolute atomic E-state index is 0.0435. The van der Waals surface area contributed by atoms with E-state index in [1.165, 1.54) is 0 Å². The number of rotatable bonds is 20. The average molecular weight is 690 g/mol. The Labute approximate surface area is 277 Å². The van der Waals surface area contributed by atoms with Crippen molar-refractivity contribution < 1.29 is 48.9 Å². The van der Waals surface area contributed by atoms with Crippen LogP contribution in [0.1, 0.15) is 52.4 Å². The number of guanidine groups is 1. The summed E-state index contributed by atoms with van der Waals surface area (Å²) >= 11 is 4.09. The number of carbonyl (C=O) groups excluding carboxylic acids is 5. The van der Waals surface area contributed by atoms with Gasteiger partial charge >= 0.3 is 11.9 Å². The van der Waals surface area contributed by atoms with Crippen LogP contribution in [0.4, 0.5) is 0 Å². The normalized spacial score (nSPS) is 17.4. The third-order valence-corrected chi connectivity index (χ3v) is 7.45. The number of likely N-dealkylation sites (tertiary alicyclic amines) is 1. The number of aliphatic carboxylic acids is 2. The number of carbonyl (C=O) groups is 7. The predicted molar refractivity (Wildman–Crippen MR) is 171 cm³/mol. The molecular formula is C27H47N9O10S. The van der Waals surface area contributed by atoms with Gasteiger partial charge in [0.25, 0.3) is 0 Å². The van der Waals surface area contributed by atoms with Crippen LogP contribution < -0.4 is 38.5 Å². The number of nitrogens with zero attached hydrogens (tertiary/aromatic N) is 2. The number of carboxylic acids is 2. The Morgan fingerprint density at radius 2 is 1.51 bits per heavy atom. The molecule has 0 aromatic carbocycles. The number of aliphatic hydroxyl groups excluding tert-OH is 1. The molecule has 0 aliphatic carbocycles. The second-order valence-corrected chi connectivity index (χ2v) is 11.8. The van der Waals surface area contributed by atoms with Crippen molar-refractivity contribution in [3.05, 3.63) is 0 Å². The molecule has 1 aliphatic heterocycles. The number of nitrogens with two attached hydrogens (primary N) is 3. The molecule has 19 nitrogen and oxygen atoms in total. The highest BCUT2D eigenvalue weighted by molar-refractivity contribution is 7.80. The van der Waals surface area contributed by atoms with Crippen LogP contribution in [0.15, 0.2) is 4.99 Å². The van der Waals surface area contributed by atoms with Gasteiger partial charge in [-0.15, -0.1) is 0 Å². The highest BCUT2D eigenvalue weighted by Crippen LogP contribution is 2.20. The number of hydrogen-bond donors (Lipinski definition) is 11. The van der Waals surface area contributed by atoms with E-state index in [4.69, 9.17) is 22.3 Å². The van der Waals surface area contributed by atoms with Gasteiger partial charge in [0.15, 0.2) is 5.96 Å². The highest BCUT2D eigenvalue weighted by Gasteiger charge is 2.39. The summed E-state index contributed by atoms with van der Waals surface area (Å²) in [6, 6.07) is -7.87. The third kappa shape index (κ3) is 14.0. The maximum atomic E-state index is 13.7. The second kappa shape index (κ2) is 20.1. The third-order valence-electron chi connectivity index (χ3n) is 7.08. The first-order valence-electron chi connectivity index (χ1n) is 15.0. The van der Waals surface area contributed by atoms with Gasteiger partial charge in [0, 0.05) is 18.8 Å². The first kappa shape index (κ1) is 40.9. The summed E-state index contributed by atoms with van der Waals surface area (Å²) in [7, 11) is 0. The SMILES string of the molecule is CC(C)C[C@H](N)C(=O)N[C@@H](CS)C(=O)N[C@@H](CO)C(=O)N[C@@H](CCCN=C(N)N)C(=O)N1CCC[C@H]1C(=O)N[C@@H](CC(=O)O)C(=O)O. The molecule has 1 heterocycles. The van der Waals surface area contributed by atoms with Gasteiger partial charge < -0.3 is 58.7 Å². The van der Waals surface area contributed by atoms with E-state index in [2.05, 4.69) is 38.9 Å². The molecule has 5 amide bonds. The fourth-order valence-corrected chi connectivity index (χ4v) is 4.99. The van der Waals surface area contributed by atoms with Crippen molar-refractivity contribution in [3.63, 3.8) is 0 Å². The van der Waals surface area contributed by atoms with E-state index in [9.17, 15) is 43.8 Å². The van der Waals surface area contributed by atoms with Crippen molar-refractivity contribution in [2.75, 3.05) is 25.4 Å². The smallest absolute Gasteiger partial charge is 0.326 e. The molecule has 1 rings (SSSR count). The zero-order valence-corrected chi connectivity index (χ0v) is 27.3. The van der Waals surface area contributed by atoms with Crippen LogP contribution in [0.5, 0.6) is 0 Å². The predicted octanol–water partition coefficient (Wildman–Crippen LogP) is -4.18. The van der Waals surface area contributed by atoms with Gasteiger partial charge in [-0.2, -0.15) is 12.6 Å². The summed E-state index contributed by atoms with van der Waals surface area (Å²) in [4.78, 5) is 92.7. The van der Waals surface area contributed by atoms with Gasteiger partial charge in [-0.3, -0.25) is 33.8 Å².